The summed E-state index contributed by atoms with van der Waals surface area (Å²) in [6, 6.07) is 0. The van der Waals surface area contributed by atoms with Crippen LogP contribution in [0, 0.1) is 13.8 Å². The molecule has 2 aliphatic rings. The van der Waals surface area contributed by atoms with E-state index in [1.165, 1.54) is 19.9 Å². The third-order valence-electron chi connectivity index (χ3n) is 4.58. The Bertz CT molecular complexity index is 1160. The van der Waals surface area contributed by atoms with E-state index in [2.05, 4.69) is 0 Å². The first-order chi connectivity index (χ1) is 12.3. The lowest BCUT2D eigenvalue weighted by molar-refractivity contribution is 0.337. The predicted octanol–water partition coefficient (Wildman–Crippen LogP) is 1.52. The minimum atomic E-state index is -0.705. The van der Waals surface area contributed by atoms with E-state index in [1.54, 1.807) is 0 Å². The molecule has 6 N–H and O–H groups in total. The number of benzene rings is 2. The zero-order valence-electron chi connectivity index (χ0n) is 13.7. The molecule has 26 heavy (non-hydrogen) atoms. The molecular weight excluding hydrogens is 344 g/mol. The van der Waals surface area contributed by atoms with E-state index in [1.807, 2.05) is 0 Å². The molecule has 0 amide bonds. The van der Waals surface area contributed by atoms with Gasteiger partial charge in [-0.15, -0.1) is 0 Å². The van der Waals surface area contributed by atoms with Crippen molar-refractivity contribution in [1.82, 2.24) is 0 Å². The molecule has 0 saturated heterocycles. The Labute approximate surface area is 146 Å². The Morgan fingerprint density at radius 2 is 1.31 bits per heavy atom. The van der Waals surface area contributed by atoms with Gasteiger partial charge in [-0.2, -0.15) is 0 Å². The van der Waals surface area contributed by atoms with Crippen molar-refractivity contribution in [2.75, 3.05) is 0 Å². The van der Waals surface area contributed by atoms with Crippen LogP contribution in [0.15, 0.2) is 12.3 Å². The third-order valence-corrected chi connectivity index (χ3v) is 4.58. The van der Waals surface area contributed by atoms with E-state index in [0.29, 0.717) is 0 Å². The number of hydrogen-bond acceptors (Lipinski definition) is 8. The Balaban J connectivity index is 2.31. The fourth-order valence-electron chi connectivity index (χ4n) is 3.19. The number of aromatic hydroxyl groups is 4. The fourth-order valence-corrected chi connectivity index (χ4v) is 3.19. The molecule has 0 bridgehead atoms. The lowest BCUT2D eigenvalue weighted by Gasteiger charge is -2.24. The number of rotatable bonds is 0. The summed E-state index contributed by atoms with van der Waals surface area (Å²) in [6.07, 6.45) is 2.31. The van der Waals surface area contributed by atoms with Crippen molar-refractivity contribution in [3.8, 4) is 40.2 Å². The second kappa shape index (κ2) is 4.92. The van der Waals surface area contributed by atoms with Crippen molar-refractivity contribution in [1.29, 1.82) is 0 Å². The lowest BCUT2D eigenvalue weighted by Crippen LogP contribution is -2.35. The maximum atomic E-state index is 10.9. The maximum absolute atomic E-state index is 10.9. The maximum Gasteiger partial charge on any atom is 0.206 e. The smallest absolute Gasteiger partial charge is 0.206 e. The highest BCUT2D eigenvalue weighted by molar-refractivity contribution is 5.81. The Morgan fingerprint density at radius 1 is 0.692 bits per heavy atom. The highest BCUT2D eigenvalue weighted by Gasteiger charge is 2.33. The Hall–Kier alpha value is -3.68. The van der Waals surface area contributed by atoms with E-state index in [-0.39, 0.29) is 50.1 Å². The zero-order chi connectivity index (χ0) is 18.9. The van der Waals surface area contributed by atoms with Crippen LogP contribution in [0.4, 0.5) is 0 Å². The number of ether oxygens (including phenoxy) is 2. The Morgan fingerprint density at radius 3 is 2.00 bits per heavy atom. The molecule has 4 rings (SSSR count). The summed E-state index contributed by atoms with van der Waals surface area (Å²) in [5.41, 5.74) is 0.348. The van der Waals surface area contributed by atoms with Gasteiger partial charge in [-0.1, -0.05) is 0 Å². The van der Waals surface area contributed by atoms with Gasteiger partial charge in [-0.3, -0.25) is 0 Å². The number of fused-ring (bicyclic) bond motifs is 4. The van der Waals surface area contributed by atoms with Crippen LogP contribution >= 0.6 is 0 Å². The average Bonchev–Trinajstić information content (AvgIpc) is 2.62. The van der Waals surface area contributed by atoms with Gasteiger partial charge in [0.2, 0.25) is 11.5 Å². The minimum absolute atomic E-state index is 0.00390. The van der Waals surface area contributed by atoms with Crippen molar-refractivity contribution in [3.63, 3.8) is 0 Å². The molecule has 2 aliphatic heterocycles. The second-order valence-electron chi connectivity index (χ2n) is 6.01. The molecule has 0 aromatic heterocycles. The summed E-state index contributed by atoms with van der Waals surface area (Å²) in [4.78, 5) is 0. The number of hydrogen-bond donors (Lipinski definition) is 6. The molecule has 134 valence electrons. The monoisotopic (exact) mass is 358 g/mol. The summed E-state index contributed by atoms with van der Waals surface area (Å²) in [5, 5.41) is 61.5. The molecule has 0 unspecified atom stereocenters. The summed E-state index contributed by atoms with van der Waals surface area (Å²) in [6.45, 7) is 2.92. The van der Waals surface area contributed by atoms with Gasteiger partial charge >= 0.3 is 0 Å². The summed E-state index contributed by atoms with van der Waals surface area (Å²) in [7, 11) is 0. The van der Waals surface area contributed by atoms with Crippen LogP contribution < -0.4 is 19.9 Å². The molecule has 2 aromatic carbocycles. The number of aliphatic hydroxyl groups is 2. The molecule has 2 heterocycles. The molecule has 2 aromatic rings. The molecule has 0 radical (unpaired) electrons. The van der Waals surface area contributed by atoms with Crippen LogP contribution in [-0.4, -0.2) is 30.6 Å². The van der Waals surface area contributed by atoms with E-state index in [0.717, 1.165) is 6.26 Å². The van der Waals surface area contributed by atoms with Gasteiger partial charge in [0.15, 0.2) is 23.0 Å². The van der Waals surface area contributed by atoms with Crippen molar-refractivity contribution in [3.05, 3.63) is 39.5 Å². The molecule has 0 saturated carbocycles. The van der Waals surface area contributed by atoms with Gasteiger partial charge in [0.05, 0.1) is 22.3 Å². The quantitative estimate of drug-likeness (QED) is 0.390. The van der Waals surface area contributed by atoms with Crippen molar-refractivity contribution in [2.45, 2.75) is 13.8 Å². The van der Waals surface area contributed by atoms with Gasteiger partial charge in [0.1, 0.15) is 17.3 Å². The van der Waals surface area contributed by atoms with Gasteiger partial charge in [-0.05, 0) is 13.8 Å². The lowest BCUT2D eigenvalue weighted by atomic mass is 9.95. The molecule has 0 atom stereocenters. The zero-order valence-corrected chi connectivity index (χ0v) is 13.7. The first-order valence-electron chi connectivity index (χ1n) is 7.56. The van der Waals surface area contributed by atoms with E-state index in [9.17, 15) is 30.6 Å². The highest BCUT2D eigenvalue weighted by Crippen LogP contribution is 2.49. The third kappa shape index (κ3) is 1.72. The summed E-state index contributed by atoms with van der Waals surface area (Å²) in [5.74, 6) is -3.55. The number of aliphatic hydroxyl groups excluding tert-OH is 2. The van der Waals surface area contributed by atoms with Crippen LogP contribution in [-0.2, 0) is 0 Å². The largest absolute Gasteiger partial charge is 0.507 e. The van der Waals surface area contributed by atoms with Crippen molar-refractivity contribution in [2.24, 2.45) is 0 Å². The van der Waals surface area contributed by atoms with Crippen LogP contribution in [0.2, 0.25) is 0 Å². The summed E-state index contributed by atoms with van der Waals surface area (Å²) >= 11 is 0. The van der Waals surface area contributed by atoms with Gasteiger partial charge < -0.3 is 40.1 Å². The Kier molecular flexibility index (Phi) is 2.99. The standard InChI is InChI=1S/C18H14O8/c1-5-8-13(22)10-9-7(19)3-4-25-17(9)14(23)15(24)18(10)26-16(8)6(2)12(21)11(5)20/h3-4,19-24H,1-2H3. The van der Waals surface area contributed by atoms with E-state index in [4.69, 9.17) is 9.47 Å². The average molecular weight is 358 g/mol. The van der Waals surface area contributed by atoms with E-state index >= 15 is 0 Å². The second-order valence-corrected chi connectivity index (χ2v) is 6.01. The predicted molar refractivity (Wildman–Crippen MR) is 89.3 cm³/mol. The van der Waals surface area contributed by atoms with Crippen LogP contribution in [0.3, 0.4) is 0 Å². The molecule has 0 aliphatic carbocycles. The summed E-state index contributed by atoms with van der Waals surface area (Å²) < 4.78 is 10.8. The first kappa shape index (κ1) is 15.8. The molecule has 8 heteroatoms. The fraction of sp³-hybridized carbons (Fsp3) is 0.111. The van der Waals surface area contributed by atoms with Gasteiger partial charge in [-0.25, -0.2) is 0 Å². The SMILES string of the molecule is Cc1c(O)c(O)c(C)c2c1Oc1c(O)c(O)c3c(c1=C2O)=C(O)C=CO3. The molecular formula is C18H14O8. The van der Waals surface area contributed by atoms with Gasteiger partial charge in [0, 0.05) is 17.2 Å². The highest BCUT2D eigenvalue weighted by atomic mass is 16.5. The molecule has 0 fully saturated rings. The van der Waals surface area contributed by atoms with E-state index < -0.39 is 28.8 Å². The van der Waals surface area contributed by atoms with Gasteiger partial charge in [0.25, 0.3) is 0 Å². The van der Waals surface area contributed by atoms with Crippen LogP contribution in [0.1, 0.15) is 16.7 Å². The van der Waals surface area contributed by atoms with Crippen molar-refractivity contribution < 1.29 is 40.1 Å². The molecule has 8 nitrogen and oxygen atoms in total. The number of phenolic OH excluding ortho intramolecular Hbond substituents is 4. The normalized spacial score (nSPS) is 14.2. The minimum Gasteiger partial charge on any atom is -0.507 e. The topological polar surface area (TPSA) is 140 Å². The van der Waals surface area contributed by atoms with Crippen molar-refractivity contribution >= 4 is 11.5 Å². The van der Waals surface area contributed by atoms with Crippen LogP contribution in [0.25, 0.3) is 11.5 Å². The first-order valence-corrected chi connectivity index (χ1v) is 7.56. The molecule has 0 spiro atoms. The number of phenols is 4. The van der Waals surface area contributed by atoms with Crippen LogP contribution in [0.5, 0.6) is 40.2 Å².